The highest BCUT2D eigenvalue weighted by atomic mass is 35.5. The minimum Gasteiger partial charge on any atom is -0.349 e. The standard InChI is InChI=1S/C12H16ClNO/c1-3-10-4-6-11(7-5-10)9(2)14-12(15)8-13/h4-7,9H,3,8H2,1-2H3,(H,14,15)/t9-/m1/s1. The summed E-state index contributed by atoms with van der Waals surface area (Å²) in [5.41, 5.74) is 2.40. The summed E-state index contributed by atoms with van der Waals surface area (Å²) in [5.74, 6) is -0.124. The highest BCUT2D eigenvalue weighted by molar-refractivity contribution is 6.27. The van der Waals surface area contributed by atoms with Gasteiger partial charge in [0.05, 0.1) is 6.04 Å². The number of hydrogen-bond acceptors (Lipinski definition) is 1. The van der Waals surface area contributed by atoms with Crippen LogP contribution < -0.4 is 5.32 Å². The number of benzene rings is 1. The zero-order valence-electron chi connectivity index (χ0n) is 9.09. The first-order valence-corrected chi connectivity index (χ1v) is 5.65. The van der Waals surface area contributed by atoms with Gasteiger partial charge in [0, 0.05) is 0 Å². The van der Waals surface area contributed by atoms with Crippen molar-refractivity contribution in [3.63, 3.8) is 0 Å². The van der Waals surface area contributed by atoms with Crippen molar-refractivity contribution < 1.29 is 4.79 Å². The van der Waals surface area contributed by atoms with Crippen LogP contribution in [0.3, 0.4) is 0 Å². The molecule has 0 bridgehead atoms. The number of carbonyl (C=O) groups is 1. The van der Waals surface area contributed by atoms with Crippen molar-refractivity contribution >= 4 is 17.5 Å². The van der Waals surface area contributed by atoms with E-state index in [4.69, 9.17) is 11.6 Å². The maximum Gasteiger partial charge on any atom is 0.235 e. The molecule has 0 saturated heterocycles. The molecule has 82 valence electrons. The molecule has 1 aromatic rings. The molecule has 3 heteroatoms. The number of alkyl halides is 1. The Bertz CT molecular complexity index is 321. The van der Waals surface area contributed by atoms with Crippen LogP contribution in [0.15, 0.2) is 24.3 Å². The van der Waals surface area contributed by atoms with Gasteiger partial charge >= 0.3 is 0 Å². The Hall–Kier alpha value is -1.02. The summed E-state index contributed by atoms with van der Waals surface area (Å²) in [5, 5.41) is 2.81. The molecule has 0 radical (unpaired) electrons. The van der Waals surface area contributed by atoms with E-state index in [1.54, 1.807) is 0 Å². The molecule has 0 aliphatic carbocycles. The van der Waals surface area contributed by atoms with Gasteiger partial charge in [0.15, 0.2) is 0 Å². The van der Waals surface area contributed by atoms with Crippen molar-refractivity contribution in [2.45, 2.75) is 26.3 Å². The maximum atomic E-state index is 11.1. The highest BCUT2D eigenvalue weighted by Gasteiger charge is 2.07. The van der Waals surface area contributed by atoms with Gasteiger partial charge in [-0.05, 0) is 24.5 Å². The molecule has 0 aliphatic heterocycles. The van der Waals surface area contributed by atoms with Crippen LogP contribution in [0.1, 0.15) is 31.0 Å². The first-order chi connectivity index (χ1) is 7.17. The lowest BCUT2D eigenvalue weighted by molar-refractivity contribution is -0.119. The van der Waals surface area contributed by atoms with Crippen molar-refractivity contribution in [1.82, 2.24) is 5.32 Å². The average Bonchev–Trinajstić information content (AvgIpc) is 2.29. The fraction of sp³-hybridized carbons (Fsp3) is 0.417. The molecule has 15 heavy (non-hydrogen) atoms. The molecule has 0 fully saturated rings. The van der Waals surface area contributed by atoms with Crippen LogP contribution in [0.2, 0.25) is 0 Å². The van der Waals surface area contributed by atoms with Crippen LogP contribution in [0, 0.1) is 0 Å². The van der Waals surface area contributed by atoms with Gasteiger partial charge in [0.1, 0.15) is 5.88 Å². The smallest absolute Gasteiger partial charge is 0.235 e. The van der Waals surface area contributed by atoms with Gasteiger partial charge < -0.3 is 5.32 Å². The third kappa shape index (κ3) is 3.56. The molecule has 0 aliphatic rings. The molecule has 1 aromatic carbocycles. The van der Waals surface area contributed by atoms with Crippen molar-refractivity contribution in [3.8, 4) is 0 Å². The Kier molecular flexibility index (Phi) is 4.63. The second-order valence-electron chi connectivity index (χ2n) is 3.52. The van der Waals surface area contributed by atoms with Crippen LogP contribution >= 0.6 is 11.6 Å². The van der Waals surface area contributed by atoms with E-state index >= 15 is 0 Å². The van der Waals surface area contributed by atoms with Crippen molar-refractivity contribution in [2.24, 2.45) is 0 Å². The van der Waals surface area contributed by atoms with Crippen molar-refractivity contribution in [2.75, 3.05) is 5.88 Å². The second-order valence-corrected chi connectivity index (χ2v) is 3.79. The Balaban J connectivity index is 2.65. The fourth-order valence-corrected chi connectivity index (χ4v) is 1.48. The van der Waals surface area contributed by atoms with E-state index in [1.165, 1.54) is 5.56 Å². The van der Waals surface area contributed by atoms with E-state index in [1.807, 2.05) is 19.1 Å². The summed E-state index contributed by atoms with van der Waals surface area (Å²) in [4.78, 5) is 11.1. The van der Waals surface area contributed by atoms with Gasteiger partial charge in [-0.25, -0.2) is 0 Å². The normalized spacial score (nSPS) is 12.2. The molecule has 1 N–H and O–H groups in total. The SMILES string of the molecule is CCc1ccc([C@@H](C)NC(=O)CCl)cc1. The zero-order chi connectivity index (χ0) is 11.3. The van der Waals surface area contributed by atoms with Crippen molar-refractivity contribution in [1.29, 1.82) is 0 Å². The number of halogens is 1. The lowest BCUT2D eigenvalue weighted by Crippen LogP contribution is -2.27. The number of hydrogen-bond donors (Lipinski definition) is 1. The lowest BCUT2D eigenvalue weighted by Gasteiger charge is -2.13. The van der Waals surface area contributed by atoms with Gasteiger partial charge in [0.2, 0.25) is 5.91 Å². The van der Waals surface area contributed by atoms with Gasteiger partial charge in [0.25, 0.3) is 0 Å². The van der Waals surface area contributed by atoms with E-state index in [2.05, 4.69) is 24.4 Å². The zero-order valence-corrected chi connectivity index (χ0v) is 9.84. The molecule has 0 aromatic heterocycles. The van der Waals surface area contributed by atoms with Gasteiger partial charge in [-0.15, -0.1) is 11.6 Å². The van der Waals surface area contributed by atoms with E-state index < -0.39 is 0 Å². The first-order valence-electron chi connectivity index (χ1n) is 5.11. The van der Waals surface area contributed by atoms with Crippen LogP contribution in [0.5, 0.6) is 0 Å². The molecule has 1 rings (SSSR count). The summed E-state index contributed by atoms with van der Waals surface area (Å²) in [6, 6.07) is 8.26. The maximum absolute atomic E-state index is 11.1. The Morgan fingerprint density at radius 2 is 2.00 bits per heavy atom. The van der Waals surface area contributed by atoms with Crippen molar-refractivity contribution in [3.05, 3.63) is 35.4 Å². The topological polar surface area (TPSA) is 29.1 Å². The second kappa shape index (κ2) is 5.76. The largest absolute Gasteiger partial charge is 0.349 e. The molecule has 0 saturated carbocycles. The molecule has 1 amide bonds. The number of nitrogens with one attached hydrogen (secondary N) is 1. The van der Waals surface area contributed by atoms with Gasteiger partial charge in [-0.1, -0.05) is 31.2 Å². The molecular weight excluding hydrogens is 210 g/mol. The summed E-state index contributed by atoms with van der Waals surface area (Å²) in [7, 11) is 0. The Labute approximate surface area is 95.6 Å². The number of amides is 1. The molecule has 0 unspecified atom stereocenters. The molecule has 0 spiro atoms. The average molecular weight is 226 g/mol. The molecular formula is C12H16ClNO. The van der Waals surface area contributed by atoms with Crippen LogP contribution in [-0.2, 0) is 11.2 Å². The lowest BCUT2D eigenvalue weighted by atomic mass is 10.1. The number of carbonyl (C=O) groups excluding carboxylic acids is 1. The van der Waals surface area contributed by atoms with Crippen LogP contribution in [-0.4, -0.2) is 11.8 Å². The first kappa shape index (κ1) is 12.1. The summed E-state index contributed by atoms with van der Waals surface area (Å²) >= 11 is 5.42. The quantitative estimate of drug-likeness (QED) is 0.785. The number of rotatable bonds is 4. The monoisotopic (exact) mass is 225 g/mol. The summed E-state index contributed by atoms with van der Waals surface area (Å²) < 4.78 is 0. The highest BCUT2D eigenvalue weighted by Crippen LogP contribution is 2.13. The van der Waals surface area contributed by atoms with Crippen LogP contribution in [0.25, 0.3) is 0 Å². The Morgan fingerprint density at radius 3 is 2.47 bits per heavy atom. The molecule has 2 nitrogen and oxygen atoms in total. The predicted octanol–water partition coefficient (Wildman–Crippen LogP) is 2.67. The summed E-state index contributed by atoms with van der Waals surface area (Å²) in [6.45, 7) is 4.07. The minimum absolute atomic E-state index is 0.0113. The van der Waals surface area contributed by atoms with Crippen LogP contribution in [0.4, 0.5) is 0 Å². The Morgan fingerprint density at radius 1 is 1.40 bits per heavy atom. The predicted molar refractivity (Wildman–Crippen MR) is 63.1 cm³/mol. The molecule has 0 heterocycles. The minimum atomic E-state index is -0.135. The van der Waals surface area contributed by atoms with E-state index in [0.717, 1.165) is 12.0 Å². The van der Waals surface area contributed by atoms with E-state index in [0.29, 0.717) is 0 Å². The van der Waals surface area contributed by atoms with Gasteiger partial charge in [-0.3, -0.25) is 4.79 Å². The third-order valence-electron chi connectivity index (χ3n) is 2.39. The summed E-state index contributed by atoms with van der Waals surface area (Å²) in [6.07, 6.45) is 1.03. The van der Waals surface area contributed by atoms with E-state index in [-0.39, 0.29) is 17.8 Å². The third-order valence-corrected chi connectivity index (χ3v) is 2.63. The van der Waals surface area contributed by atoms with Gasteiger partial charge in [-0.2, -0.15) is 0 Å². The molecule has 1 atom stereocenters. The number of aryl methyl sites for hydroxylation is 1. The fourth-order valence-electron chi connectivity index (χ4n) is 1.41. The van der Waals surface area contributed by atoms with E-state index in [9.17, 15) is 4.79 Å².